The molecule has 254 valence electrons. The number of hydrogen-bond acceptors (Lipinski definition) is 9. The quantitative estimate of drug-likeness (QED) is 0.105. The molecule has 0 bridgehead atoms. The predicted molar refractivity (Wildman–Crippen MR) is 187 cm³/mol. The van der Waals surface area contributed by atoms with E-state index in [1.165, 1.54) is 51.2 Å². The molecule has 3 aromatic rings. The maximum Gasteiger partial charge on any atom is 0.407 e. The van der Waals surface area contributed by atoms with Gasteiger partial charge >= 0.3 is 12.1 Å². The number of nitrogens with zero attached hydrogens (tertiary/aromatic N) is 1. The van der Waals surface area contributed by atoms with E-state index >= 15 is 0 Å². The highest BCUT2D eigenvalue weighted by Gasteiger charge is 2.37. The molecule has 1 aliphatic rings. The molecule has 0 saturated carbocycles. The SMILES string of the molecule is C=CCSC[C@@H](C(=O)OC)N(Cc1c(OC)cc(OC)cc1OC)C(=O)[C@H](CC=C)NC(=O)OCC1c2ccccc2-c2ccccc21. The van der Waals surface area contributed by atoms with Crippen LogP contribution in [0.4, 0.5) is 4.79 Å². The lowest BCUT2D eigenvalue weighted by molar-refractivity contribution is -0.153. The summed E-state index contributed by atoms with van der Waals surface area (Å²) in [7, 11) is 5.76. The predicted octanol–water partition coefficient (Wildman–Crippen LogP) is 5.99. The van der Waals surface area contributed by atoms with Gasteiger partial charge in [-0.15, -0.1) is 13.2 Å². The third-order valence-electron chi connectivity index (χ3n) is 8.13. The van der Waals surface area contributed by atoms with Gasteiger partial charge in [-0.2, -0.15) is 11.8 Å². The first kappa shape index (κ1) is 35.9. The summed E-state index contributed by atoms with van der Waals surface area (Å²) in [5.41, 5.74) is 4.83. The van der Waals surface area contributed by atoms with Crippen LogP contribution in [0.3, 0.4) is 0 Å². The summed E-state index contributed by atoms with van der Waals surface area (Å²) < 4.78 is 27.6. The molecule has 2 amide bonds. The number of carbonyl (C=O) groups excluding carboxylic acids is 3. The Morgan fingerprint density at radius 1 is 0.896 bits per heavy atom. The first-order chi connectivity index (χ1) is 23.3. The Hall–Kier alpha value is -4.90. The lowest BCUT2D eigenvalue weighted by Gasteiger charge is -2.33. The zero-order valence-electron chi connectivity index (χ0n) is 27.7. The number of benzene rings is 3. The van der Waals surface area contributed by atoms with Crippen LogP contribution in [0.5, 0.6) is 17.2 Å². The van der Waals surface area contributed by atoms with Crippen molar-refractivity contribution < 1.29 is 38.1 Å². The molecule has 0 spiro atoms. The smallest absolute Gasteiger partial charge is 0.407 e. The van der Waals surface area contributed by atoms with Crippen LogP contribution >= 0.6 is 11.8 Å². The Morgan fingerprint density at radius 2 is 1.50 bits per heavy atom. The van der Waals surface area contributed by atoms with Crippen molar-refractivity contribution in [1.29, 1.82) is 0 Å². The summed E-state index contributed by atoms with van der Waals surface area (Å²) in [5, 5.41) is 2.73. The number of nitrogens with one attached hydrogen (secondary N) is 1. The van der Waals surface area contributed by atoms with Crippen molar-refractivity contribution >= 4 is 29.7 Å². The van der Waals surface area contributed by atoms with Crippen LogP contribution in [0.1, 0.15) is 29.0 Å². The van der Waals surface area contributed by atoms with Gasteiger partial charge < -0.3 is 33.9 Å². The average molecular weight is 675 g/mol. The van der Waals surface area contributed by atoms with Crippen LogP contribution in [0.2, 0.25) is 0 Å². The Bertz CT molecular complexity index is 1560. The monoisotopic (exact) mass is 674 g/mol. The molecule has 2 atom stereocenters. The van der Waals surface area contributed by atoms with Crippen LogP contribution < -0.4 is 19.5 Å². The highest BCUT2D eigenvalue weighted by atomic mass is 32.2. The van der Waals surface area contributed by atoms with Gasteiger partial charge in [-0.25, -0.2) is 9.59 Å². The normalized spacial score (nSPS) is 12.8. The summed E-state index contributed by atoms with van der Waals surface area (Å²) >= 11 is 1.41. The second kappa shape index (κ2) is 17.3. The maximum absolute atomic E-state index is 14.4. The summed E-state index contributed by atoms with van der Waals surface area (Å²) in [5.74, 6) is 0.678. The van der Waals surface area contributed by atoms with E-state index < -0.39 is 30.1 Å². The molecule has 0 radical (unpaired) electrons. The summed E-state index contributed by atoms with van der Waals surface area (Å²) in [6.07, 6.45) is 2.54. The number of alkyl carbamates (subject to hydrolysis) is 1. The van der Waals surface area contributed by atoms with E-state index in [0.717, 1.165) is 22.3 Å². The van der Waals surface area contributed by atoms with E-state index in [-0.39, 0.29) is 31.2 Å². The van der Waals surface area contributed by atoms with Gasteiger partial charge in [0.25, 0.3) is 0 Å². The fraction of sp³-hybridized carbons (Fsp3) is 0.324. The van der Waals surface area contributed by atoms with Crippen molar-refractivity contribution in [3.05, 3.63) is 103 Å². The minimum Gasteiger partial charge on any atom is -0.496 e. The number of amides is 2. The van der Waals surface area contributed by atoms with E-state index in [2.05, 4.69) is 30.6 Å². The van der Waals surface area contributed by atoms with Gasteiger partial charge in [0.05, 0.1) is 40.5 Å². The lowest BCUT2D eigenvalue weighted by Crippen LogP contribution is -2.54. The molecule has 0 saturated heterocycles. The van der Waals surface area contributed by atoms with E-state index in [1.54, 1.807) is 18.2 Å². The van der Waals surface area contributed by atoms with Gasteiger partial charge in [-0.05, 0) is 28.7 Å². The molecule has 0 aromatic heterocycles. The Morgan fingerprint density at radius 3 is 2.02 bits per heavy atom. The van der Waals surface area contributed by atoms with Crippen molar-refractivity contribution in [2.24, 2.45) is 0 Å². The molecule has 0 heterocycles. The minimum absolute atomic E-state index is 0.0712. The summed E-state index contributed by atoms with van der Waals surface area (Å²) in [4.78, 5) is 42.4. The van der Waals surface area contributed by atoms with Crippen LogP contribution in [-0.4, -0.2) is 81.5 Å². The summed E-state index contributed by atoms with van der Waals surface area (Å²) in [6.45, 7) is 7.52. The van der Waals surface area contributed by atoms with Crippen LogP contribution in [0.15, 0.2) is 86.0 Å². The Labute approximate surface area is 286 Å². The van der Waals surface area contributed by atoms with Gasteiger partial charge in [0.2, 0.25) is 5.91 Å². The van der Waals surface area contributed by atoms with E-state index in [4.69, 9.17) is 23.7 Å². The van der Waals surface area contributed by atoms with Crippen LogP contribution in [0.25, 0.3) is 11.1 Å². The number of ether oxygens (including phenoxy) is 5. The second-order valence-electron chi connectivity index (χ2n) is 10.9. The molecule has 1 aliphatic carbocycles. The number of esters is 1. The maximum atomic E-state index is 14.4. The van der Waals surface area contributed by atoms with E-state index in [9.17, 15) is 14.4 Å². The van der Waals surface area contributed by atoms with Crippen molar-refractivity contribution in [1.82, 2.24) is 10.2 Å². The zero-order valence-corrected chi connectivity index (χ0v) is 28.5. The first-order valence-electron chi connectivity index (χ1n) is 15.4. The standard InChI is InChI=1S/C37H42N2O8S/c1-7-13-31(38-37(42)47-22-30-27-16-11-9-14-25(27)26-15-10-12-17-28(26)30)35(40)39(32(36(41)46-6)23-48-18-8-2)21-29-33(44-4)19-24(43-3)20-34(29)45-5/h7-12,14-17,19-20,30-32H,1-2,13,18,21-23H2,3-6H3,(H,38,42)/t31-,32-/m0/s1. The molecule has 0 aliphatic heterocycles. The number of carbonyl (C=O) groups is 3. The van der Waals surface area contributed by atoms with E-state index in [1.807, 2.05) is 36.4 Å². The van der Waals surface area contributed by atoms with Crippen LogP contribution in [0, 0.1) is 0 Å². The van der Waals surface area contributed by atoms with Crippen LogP contribution in [-0.2, 0) is 25.6 Å². The molecule has 1 N–H and O–H groups in total. The van der Waals surface area contributed by atoms with Gasteiger partial charge in [-0.3, -0.25) is 4.79 Å². The van der Waals surface area contributed by atoms with Crippen molar-refractivity contribution in [2.75, 3.05) is 46.6 Å². The number of fused-ring (bicyclic) bond motifs is 3. The van der Waals surface area contributed by atoms with Gasteiger partial charge in [0, 0.05) is 29.6 Å². The molecular formula is C37H42N2O8S. The minimum atomic E-state index is -1.11. The highest BCUT2D eigenvalue weighted by Crippen LogP contribution is 2.44. The summed E-state index contributed by atoms with van der Waals surface area (Å²) in [6, 6.07) is 17.3. The molecule has 48 heavy (non-hydrogen) atoms. The fourth-order valence-corrected chi connectivity index (χ4v) is 6.64. The fourth-order valence-electron chi connectivity index (χ4n) is 5.80. The average Bonchev–Trinajstić information content (AvgIpc) is 3.44. The number of hydrogen-bond donors (Lipinski definition) is 1. The molecule has 0 fully saturated rings. The topological polar surface area (TPSA) is 113 Å². The van der Waals surface area contributed by atoms with Crippen molar-refractivity contribution in [3.63, 3.8) is 0 Å². The van der Waals surface area contributed by atoms with E-state index in [0.29, 0.717) is 28.6 Å². The van der Waals surface area contributed by atoms with Gasteiger partial charge in [-0.1, -0.05) is 60.7 Å². The Balaban J connectivity index is 1.62. The van der Waals surface area contributed by atoms with Gasteiger partial charge in [0.15, 0.2) is 0 Å². The number of methoxy groups -OCH3 is 4. The molecule has 0 unspecified atom stereocenters. The second-order valence-corrected chi connectivity index (χ2v) is 12.0. The molecule has 3 aromatic carbocycles. The molecule has 10 nitrogen and oxygen atoms in total. The van der Waals surface area contributed by atoms with Gasteiger partial charge in [0.1, 0.15) is 35.9 Å². The number of thioether (sulfide) groups is 1. The highest BCUT2D eigenvalue weighted by molar-refractivity contribution is 7.99. The largest absolute Gasteiger partial charge is 0.496 e. The molecule has 4 rings (SSSR count). The first-order valence-corrected chi connectivity index (χ1v) is 16.5. The third-order valence-corrected chi connectivity index (χ3v) is 9.15. The van der Waals surface area contributed by atoms with Crippen molar-refractivity contribution in [3.8, 4) is 28.4 Å². The third kappa shape index (κ3) is 8.14. The molecule has 11 heteroatoms. The zero-order chi connectivity index (χ0) is 34.6. The Kier molecular flexibility index (Phi) is 13.0. The molecular weight excluding hydrogens is 632 g/mol. The van der Waals surface area contributed by atoms with Crippen molar-refractivity contribution in [2.45, 2.75) is 31.0 Å². The number of rotatable bonds is 17. The lowest BCUT2D eigenvalue weighted by atomic mass is 9.98.